The van der Waals surface area contributed by atoms with Crippen LogP contribution in [0, 0.1) is 0 Å². The molecule has 1 unspecified atom stereocenters. The van der Waals surface area contributed by atoms with Gasteiger partial charge in [-0.05, 0) is 24.6 Å². The Hall–Kier alpha value is -1.59. The predicted molar refractivity (Wildman–Crippen MR) is 59.5 cm³/mol. The van der Waals surface area contributed by atoms with Gasteiger partial charge in [-0.3, -0.25) is 0 Å². The van der Waals surface area contributed by atoms with Crippen molar-refractivity contribution in [1.29, 1.82) is 0 Å². The fraction of sp³-hybridized carbons (Fsp3) is 0.300. The Morgan fingerprint density at radius 2 is 2.00 bits per heavy atom. The number of nitrogens with one attached hydrogen (secondary N) is 2. The Kier molecular flexibility index (Phi) is 2.13. The van der Waals surface area contributed by atoms with Gasteiger partial charge in [0.1, 0.15) is 0 Å². The maximum absolute atomic E-state index is 11.1. The molecule has 6 N–H and O–H groups in total. The Bertz CT molecular complexity index is 538. The Morgan fingerprint density at radius 3 is 2.67 bits per heavy atom. The molecule has 2 aromatic rings. The predicted octanol–water partition coefficient (Wildman–Crippen LogP) is -0.0112. The van der Waals surface area contributed by atoms with Crippen LogP contribution in [-0.4, -0.2) is 16.5 Å². The van der Waals surface area contributed by atoms with Crippen molar-refractivity contribution in [2.75, 3.05) is 6.54 Å². The van der Waals surface area contributed by atoms with Gasteiger partial charge < -0.3 is 21.4 Å². The average molecular weight is 206 g/mol. The molecular weight excluding hydrogens is 192 g/mol. The minimum Gasteiger partial charge on any atom is -0.328 e. The number of rotatable bonds is 2. The molecule has 0 saturated carbocycles. The molecule has 1 atom stereocenters. The molecule has 80 valence electrons. The zero-order chi connectivity index (χ0) is 11.1. The standard InChI is InChI=1S/C10H14N4O/c1-10(12,5-11)6-2-3-7-8(4-6)14-9(15)13-7/h2-4H,5,11-12H2,1H3,(H2,13,14,15). The van der Waals surface area contributed by atoms with E-state index in [4.69, 9.17) is 11.5 Å². The topological polar surface area (TPSA) is 101 Å². The minimum absolute atomic E-state index is 0.214. The lowest BCUT2D eigenvalue weighted by Crippen LogP contribution is -2.40. The molecule has 0 amide bonds. The molecule has 2 rings (SSSR count). The van der Waals surface area contributed by atoms with Crippen LogP contribution in [0.25, 0.3) is 11.0 Å². The molecule has 0 bridgehead atoms. The van der Waals surface area contributed by atoms with Crippen molar-refractivity contribution in [2.45, 2.75) is 12.5 Å². The number of fused-ring (bicyclic) bond motifs is 1. The summed E-state index contributed by atoms with van der Waals surface area (Å²) in [7, 11) is 0. The second kappa shape index (κ2) is 3.22. The third-order valence-corrected chi connectivity index (χ3v) is 2.60. The highest BCUT2D eigenvalue weighted by Crippen LogP contribution is 2.19. The molecule has 1 aromatic carbocycles. The van der Waals surface area contributed by atoms with Crippen LogP contribution in [0.5, 0.6) is 0 Å². The second-order valence-corrected chi connectivity index (χ2v) is 3.96. The first-order valence-corrected chi connectivity index (χ1v) is 4.74. The van der Waals surface area contributed by atoms with E-state index in [9.17, 15) is 4.79 Å². The van der Waals surface area contributed by atoms with Crippen molar-refractivity contribution >= 4 is 11.0 Å². The number of hydrogen-bond acceptors (Lipinski definition) is 3. The van der Waals surface area contributed by atoms with E-state index >= 15 is 0 Å². The number of H-pyrrole nitrogens is 2. The van der Waals surface area contributed by atoms with Gasteiger partial charge in [0.05, 0.1) is 16.6 Å². The first-order chi connectivity index (χ1) is 7.03. The summed E-state index contributed by atoms with van der Waals surface area (Å²) in [5, 5.41) is 0. The lowest BCUT2D eigenvalue weighted by Gasteiger charge is -2.22. The molecule has 1 heterocycles. The van der Waals surface area contributed by atoms with Gasteiger partial charge >= 0.3 is 5.69 Å². The van der Waals surface area contributed by atoms with Crippen LogP contribution in [0.2, 0.25) is 0 Å². The fourth-order valence-corrected chi connectivity index (χ4v) is 1.51. The lowest BCUT2D eigenvalue weighted by atomic mass is 9.93. The Labute approximate surface area is 86.5 Å². The number of benzene rings is 1. The van der Waals surface area contributed by atoms with Gasteiger partial charge in [-0.2, -0.15) is 0 Å². The summed E-state index contributed by atoms with van der Waals surface area (Å²) in [6, 6.07) is 5.54. The number of hydrogen-bond donors (Lipinski definition) is 4. The summed E-state index contributed by atoms with van der Waals surface area (Å²) in [6.07, 6.45) is 0. The maximum Gasteiger partial charge on any atom is 0.323 e. The number of imidazole rings is 1. The minimum atomic E-state index is -0.567. The van der Waals surface area contributed by atoms with Crippen LogP contribution >= 0.6 is 0 Å². The molecule has 0 aliphatic rings. The highest BCUT2D eigenvalue weighted by molar-refractivity contribution is 5.75. The maximum atomic E-state index is 11.1. The van der Waals surface area contributed by atoms with E-state index in [0.29, 0.717) is 6.54 Å². The zero-order valence-electron chi connectivity index (χ0n) is 8.50. The van der Waals surface area contributed by atoms with Gasteiger partial charge in [0.25, 0.3) is 0 Å². The van der Waals surface area contributed by atoms with Gasteiger partial charge in [-0.1, -0.05) is 6.07 Å². The summed E-state index contributed by atoms with van der Waals surface area (Å²) in [5.41, 5.74) is 13.2. The second-order valence-electron chi connectivity index (χ2n) is 3.96. The Morgan fingerprint density at radius 1 is 1.33 bits per heavy atom. The monoisotopic (exact) mass is 206 g/mol. The molecule has 5 nitrogen and oxygen atoms in total. The lowest BCUT2D eigenvalue weighted by molar-refractivity contribution is 0.508. The SMILES string of the molecule is CC(N)(CN)c1ccc2[nH]c(=O)[nH]c2c1. The Balaban J connectivity index is 2.60. The van der Waals surface area contributed by atoms with Gasteiger partial charge in [0, 0.05) is 6.54 Å². The van der Waals surface area contributed by atoms with Crippen molar-refractivity contribution in [1.82, 2.24) is 9.97 Å². The van der Waals surface area contributed by atoms with Gasteiger partial charge in [-0.15, -0.1) is 0 Å². The molecule has 0 spiro atoms. The van der Waals surface area contributed by atoms with E-state index in [1.54, 1.807) is 0 Å². The first-order valence-electron chi connectivity index (χ1n) is 4.74. The molecule has 0 fully saturated rings. The largest absolute Gasteiger partial charge is 0.328 e. The number of nitrogens with two attached hydrogens (primary N) is 2. The number of aromatic amines is 2. The van der Waals surface area contributed by atoms with Crippen LogP contribution in [0.3, 0.4) is 0 Å². The van der Waals surface area contributed by atoms with Crippen molar-refractivity contribution in [3.05, 3.63) is 34.2 Å². The van der Waals surface area contributed by atoms with E-state index in [1.165, 1.54) is 0 Å². The third-order valence-electron chi connectivity index (χ3n) is 2.60. The highest BCUT2D eigenvalue weighted by Gasteiger charge is 2.19. The normalized spacial score (nSPS) is 15.4. The van der Waals surface area contributed by atoms with Crippen LogP contribution in [0.4, 0.5) is 0 Å². The quantitative estimate of drug-likeness (QED) is 0.556. The fourth-order valence-electron chi connectivity index (χ4n) is 1.51. The van der Waals surface area contributed by atoms with Crippen LogP contribution in [0.1, 0.15) is 12.5 Å². The summed E-state index contributed by atoms with van der Waals surface area (Å²) in [6.45, 7) is 2.21. The van der Waals surface area contributed by atoms with E-state index in [2.05, 4.69) is 9.97 Å². The van der Waals surface area contributed by atoms with E-state index in [1.807, 2.05) is 25.1 Å². The summed E-state index contributed by atoms with van der Waals surface area (Å²) >= 11 is 0. The molecule has 0 aliphatic heterocycles. The number of aromatic nitrogens is 2. The van der Waals surface area contributed by atoms with E-state index in [0.717, 1.165) is 16.6 Å². The molecular formula is C10H14N4O. The summed E-state index contributed by atoms with van der Waals surface area (Å²) in [5.74, 6) is 0. The van der Waals surface area contributed by atoms with Crippen LogP contribution in [0.15, 0.2) is 23.0 Å². The van der Waals surface area contributed by atoms with E-state index in [-0.39, 0.29) is 5.69 Å². The molecule has 0 saturated heterocycles. The van der Waals surface area contributed by atoms with Crippen molar-refractivity contribution in [3.8, 4) is 0 Å². The average Bonchev–Trinajstić information content (AvgIpc) is 2.56. The van der Waals surface area contributed by atoms with Gasteiger partial charge in [0.2, 0.25) is 0 Å². The molecule has 1 aromatic heterocycles. The van der Waals surface area contributed by atoms with Crippen molar-refractivity contribution < 1.29 is 0 Å². The summed E-state index contributed by atoms with van der Waals surface area (Å²) in [4.78, 5) is 16.4. The molecule has 0 aliphatic carbocycles. The van der Waals surface area contributed by atoms with Gasteiger partial charge in [0.15, 0.2) is 0 Å². The molecule has 5 heteroatoms. The van der Waals surface area contributed by atoms with Crippen LogP contribution in [-0.2, 0) is 5.54 Å². The third kappa shape index (κ3) is 1.67. The molecule has 0 radical (unpaired) electrons. The van der Waals surface area contributed by atoms with Crippen molar-refractivity contribution in [2.24, 2.45) is 11.5 Å². The molecule has 15 heavy (non-hydrogen) atoms. The highest BCUT2D eigenvalue weighted by atomic mass is 16.1. The first kappa shape index (κ1) is 9.95. The zero-order valence-corrected chi connectivity index (χ0v) is 8.50. The van der Waals surface area contributed by atoms with Crippen LogP contribution < -0.4 is 17.2 Å². The summed E-state index contributed by atoms with van der Waals surface area (Å²) < 4.78 is 0. The van der Waals surface area contributed by atoms with E-state index < -0.39 is 5.54 Å². The van der Waals surface area contributed by atoms with Crippen molar-refractivity contribution in [3.63, 3.8) is 0 Å². The smallest absolute Gasteiger partial charge is 0.323 e. The van der Waals surface area contributed by atoms with Gasteiger partial charge in [-0.25, -0.2) is 4.79 Å².